The van der Waals surface area contributed by atoms with Crippen molar-refractivity contribution in [3.8, 4) is 0 Å². The Morgan fingerprint density at radius 2 is 2.11 bits per heavy atom. The van der Waals surface area contributed by atoms with Crippen LogP contribution >= 0.6 is 0 Å². The zero-order valence-corrected chi connectivity index (χ0v) is 10.3. The van der Waals surface area contributed by atoms with Crippen molar-refractivity contribution in [1.29, 1.82) is 0 Å². The molecule has 0 atom stereocenters. The van der Waals surface area contributed by atoms with Crippen molar-refractivity contribution in [2.24, 2.45) is 5.73 Å². The number of hydrogen-bond acceptors (Lipinski definition) is 3. The van der Waals surface area contributed by atoms with E-state index in [0.717, 1.165) is 11.1 Å². The lowest BCUT2D eigenvalue weighted by atomic mass is 10.1. The van der Waals surface area contributed by atoms with Crippen LogP contribution in [-0.4, -0.2) is 5.91 Å². The third-order valence-corrected chi connectivity index (χ3v) is 2.78. The first-order valence-electron chi connectivity index (χ1n) is 5.81. The van der Waals surface area contributed by atoms with Gasteiger partial charge in [-0.15, -0.1) is 0 Å². The molecule has 1 amide bonds. The third-order valence-electron chi connectivity index (χ3n) is 2.78. The number of rotatable bonds is 4. The fraction of sp³-hybridized carbons (Fsp3) is 0.214. The topological polar surface area (TPSA) is 68.3 Å². The van der Waals surface area contributed by atoms with Gasteiger partial charge in [0.1, 0.15) is 5.76 Å². The number of carbonyl (C=O) groups excluding carboxylic acids is 1. The second-order valence-electron chi connectivity index (χ2n) is 4.10. The fourth-order valence-electron chi connectivity index (χ4n) is 1.76. The zero-order valence-electron chi connectivity index (χ0n) is 10.3. The van der Waals surface area contributed by atoms with Gasteiger partial charge in [0, 0.05) is 13.1 Å². The second kappa shape index (κ2) is 5.51. The predicted molar refractivity (Wildman–Crippen MR) is 68.9 cm³/mol. The summed E-state index contributed by atoms with van der Waals surface area (Å²) in [5.74, 6) is 0.502. The van der Waals surface area contributed by atoms with E-state index in [4.69, 9.17) is 10.2 Å². The van der Waals surface area contributed by atoms with Crippen molar-refractivity contribution < 1.29 is 9.21 Å². The molecular formula is C14H16N2O2. The standard InChI is InChI=1S/C14H16N2O2/c1-10-13(5-6-18-10)14(17)16-9-12-4-2-3-11(7-12)8-15/h2-7H,8-9,15H2,1H3,(H,16,17). The van der Waals surface area contributed by atoms with Crippen molar-refractivity contribution in [1.82, 2.24) is 5.32 Å². The lowest BCUT2D eigenvalue weighted by molar-refractivity contribution is 0.0949. The minimum Gasteiger partial charge on any atom is -0.469 e. The summed E-state index contributed by atoms with van der Waals surface area (Å²) in [7, 11) is 0. The monoisotopic (exact) mass is 244 g/mol. The lowest BCUT2D eigenvalue weighted by Crippen LogP contribution is -2.23. The molecule has 0 saturated carbocycles. The summed E-state index contributed by atoms with van der Waals surface area (Å²) in [6, 6.07) is 9.52. The maximum absolute atomic E-state index is 11.9. The molecule has 94 valence electrons. The van der Waals surface area contributed by atoms with E-state index in [1.165, 1.54) is 6.26 Å². The third kappa shape index (κ3) is 2.78. The number of hydrogen-bond donors (Lipinski definition) is 2. The molecule has 1 heterocycles. The minimum absolute atomic E-state index is 0.126. The summed E-state index contributed by atoms with van der Waals surface area (Å²) in [6.07, 6.45) is 1.51. The van der Waals surface area contributed by atoms with Gasteiger partial charge in [0.25, 0.3) is 5.91 Å². The second-order valence-corrected chi connectivity index (χ2v) is 4.10. The van der Waals surface area contributed by atoms with E-state index in [1.807, 2.05) is 24.3 Å². The minimum atomic E-state index is -0.126. The molecule has 2 aromatic rings. The van der Waals surface area contributed by atoms with Gasteiger partial charge >= 0.3 is 0 Å². The molecule has 0 aliphatic carbocycles. The number of nitrogens with one attached hydrogen (secondary N) is 1. The number of benzene rings is 1. The van der Waals surface area contributed by atoms with E-state index in [0.29, 0.717) is 24.4 Å². The van der Waals surface area contributed by atoms with Gasteiger partial charge in [-0.25, -0.2) is 0 Å². The van der Waals surface area contributed by atoms with Crippen molar-refractivity contribution >= 4 is 5.91 Å². The van der Waals surface area contributed by atoms with Crippen LogP contribution in [0, 0.1) is 6.92 Å². The van der Waals surface area contributed by atoms with Crippen molar-refractivity contribution in [3.63, 3.8) is 0 Å². The highest BCUT2D eigenvalue weighted by Gasteiger charge is 2.10. The molecule has 0 unspecified atom stereocenters. The first-order valence-corrected chi connectivity index (χ1v) is 5.81. The molecule has 4 nitrogen and oxygen atoms in total. The SMILES string of the molecule is Cc1occc1C(=O)NCc1cccc(CN)c1. The molecule has 0 saturated heterocycles. The van der Waals surface area contributed by atoms with E-state index >= 15 is 0 Å². The molecule has 0 bridgehead atoms. The molecule has 1 aromatic heterocycles. The molecule has 1 aromatic carbocycles. The van der Waals surface area contributed by atoms with Crippen LogP contribution in [0.5, 0.6) is 0 Å². The van der Waals surface area contributed by atoms with Crippen LogP contribution in [0.3, 0.4) is 0 Å². The van der Waals surface area contributed by atoms with Crippen LogP contribution in [0.2, 0.25) is 0 Å². The van der Waals surface area contributed by atoms with Crippen LogP contribution in [0.4, 0.5) is 0 Å². The summed E-state index contributed by atoms with van der Waals surface area (Å²) in [5.41, 5.74) is 8.24. The van der Waals surface area contributed by atoms with Crippen LogP contribution in [-0.2, 0) is 13.1 Å². The fourth-order valence-corrected chi connectivity index (χ4v) is 1.76. The Bertz CT molecular complexity index is 546. The molecule has 0 spiro atoms. The van der Waals surface area contributed by atoms with Crippen molar-refractivity contribution in [3.05, 3.63) is 59.0 Å². The zero-order chi connectivity index (χ0) is 13.0. The Kier molecular flexibility index (Phi) is 3.79. The van der Waals surface area contributed by atoms with Crippen LogP contribution in [0.15, 0.2) is 41.0 Å². The molecule has 2 rings (SSSR count). The molecule has 3 N–H and O–H groups in total. The van der Waals surface area contributed by atoms with Crippen molar-refractivity contribution in [2.45, 2.75) is 20.0 Å². The van der Waals surface area contributed by atoms with Gasteiger partial charge in [-0.3, -0.25) is 4.79 Å². The van der Waals surface area contributed by atoms with Crippen LogP contribution < -0.4 is 11.1 Å². The summed E-state index contributed by atoms with van der Waals surface area (Å²) in [6.45, 7) is 2.75. The molecule has 0 radical (unpaired) electrons. The number of amides is 1. The first kappa shape index (κ1) is 12.4. The van der Waals surface area contributed by atoms with E-state index < -0.39 is 0 Å². The lowest BCUT2D eigenvalue weighted by Gasteiger charge is -2.06. The smallest absolute Gasteiger partial charge is 0.255 e. The van der Waals surface area contributed by atoms with E-state index in [2.05, 4.69) is 5.32 Å². The number of furan rings is 1. The number of carbonyl (C=O) groups is 1. The molecule has 0 fully saturated rings. The highest BCUT2D eigenvalue weighted by atomic mass is 16.3. The van der Waals surface area contributed by atoms with Gasteiger partial charge in [0.2, 0.25) is 0 Å². The average molecular weight is 244 g/mol. The highest BCUT2D eigenvalue weighted by Crippen LogP contribution is 2.09. The van der Waals surface area contributed by atoms with E-state index in [9.17, 15) is 4.79 Å². The van der Waals surface area contributed by atoms with Crippen molar-refractivity contribution in [2.75, 3.05) is 0 Å². The van der Waals surface area contributed by atoms with Gasteiger partial charge in [-0.1, -0.05) is 24.3 Å². The van der Waals surface area contributed by atoms with Crippen LogP contribution in [0.25, 0.3) is 0 Å². The summed E-state index contributed by atoms with van der Waals surface area (Å²) in [5, 5.41) is 2.85. The molecule has 0 aliphatic heterocycles. The molecule has 18 heavy (non-hydrogen) atoms. The summed E-state index contributed by atoms with van der Waals surface area (Å²) < 4.78 is 5.10. The van der Waals surface area contributed by atoms with E-state index in [-0.39, 0.29) is 5.91 Å². The summed E-state index contributed by atoms with van der Waals surface area (Å²) in [4.78, 5) is 11.9. The molecule has 4 heteroatoms. The maximum atomic E-state index is 11.9. The normalized spacial score (nSPS) is 10.3. The van der Waals surface area contributed by atoms with E-state index in [1.54, 1.807) is 13.0 Å². The molecular weight excluding hydrogens is 228 g/mol. The Morgan fingerprint density at radius 3 is 2.78 bits per heavy atom. The number of aryl methyl sites for hydroxylation is 1. The van der Waals surface area contributed by atoms with Crippen LogP contribution in [0.1, 0.15) is 27.2 Å². The summed E-state index contributed by atoms with van der Waals surface area (Å²) >= 11 is 0. The predicted octanol–water partition coefficient (Wildman–Crippen LogP) is 1.98. The molecule has 0 aliphatic rings. The average Bonchev–Trinajstić information content (AvgIpc) is 2.82. The Balaban J connectivity index is 1.99. The maximum Gasteiger partial charge on any atom is 0.255 e. The van der Waals surface area contributed by atoms with Gasteiger partial charge in [0.15, 0.2) is 0 Å². The quantitative estimate of drug-likeness (QED) is 0.864. The Morgan fingerprint density at radius 1 is 1.33 bits per heavy atom. The largest absolute Gasteiger partial charge is 0.469 e. The Labute approximate surface area is 106 Å². The highest BCUT2D eigenvalue weighted by molar-refractivity contribution is 5.94. The first-order chi connectivity index (χ1) is 8.70. The van der Waals surface area contributed by atoms with Gasteiger partial charge in [-0.05, 0) is 24.1 Å². The Hall–Kier alpha value is -2.07. The van der Waals surface area contributed by atoms with Gasteiger partial charge in [-0.2, -0.15) is 0 Å². The number of nitrogens with two attached hydrogens (primary N) is 1. The van der Waals surface area contributed by atoms with Gasteiger partial charge < -0.3 is 15.5 Å². The van der Waals surface area contributed by atoms with Gasteiger partial charge in [0.05, 0.1) is 11.8 Å².